The molecule has 1 saturated heterocycles. The van der Waals surface area contributed by atoms with Crippen LogP contribution in [-0.4, -0.2) is 61.9 Å². The molecule has 1 aliphatic rings. The van der Waals surface area contributed by atoms with Crippen LogP contribution in [0, 0.1) is 0 Å². The zero-order chi connectivity index (χ0) is 24.2. The Kier molecular flexibility index (Phi) is 7.38. The van der Waals surface area contributed by atoms with Gasteiger partial charge in [-0.05, 0) is 63.9 Å². The molecule has 3 rings (SSSR count). The number of nitrogens with zero attached hydrogens (tertiary/aromatic N) is 2. The molecule has 0 saturated carbocycles. The summed E-state index contributed by atoms with van der Waals surface area (Å²) < 4.78 is 33.6. The van der Waals surface area contributed by atoms with Gasteiger partial charge in [-0.2, -0.15) is 0 Å². The van der Waals surface area contributed by atoms with E-state index < -0.39 is 15.6 Å². The smallest absolute Gasteiger partial charge is 0.253 e. The van der Waals surface area contributed by atoms with Gasteiger partial charge in [0.05, 0.1) is 12.7 Å². The van der Waals surface area contributed by atoms with Gasteiger partial charge in [-0.3, -0.25) is 14.6 Å². The molecule has 1 aliphatic heterocycles. The fourth-order valence-electron chi connectivity index (χ4n) is 3.65. The highest BCUT2D eigenvalue weighted by molar-refractivity contribution is 7.89. The quantitative estimate of drug-likeness (QED) is 0.663. The van der Waals surface area contributed by atoms with E-state index in [0.29, 0.717) is 31.5 Å². The van der Waals surface area contributed by atoms with E-state index in [-0.39, 0.29) is 34.1 Å². The first kappa shape index (κ1) is 24.7. The van der Waals surface area contributed by atoms with E-state index >= 15 is 0 Å². The molecule has 178 valence electrons. The molecule has 0 aliphatic carbocycles. The lowest BCUT2D eigenvalue weighted by molar-refractivity contribution is 0.0697. The molecule has 1 aromatic heterocycles. The summed E-state index contributed by atoms with van der Waals surface area (Å²) in [4.78, 5) is 31.0. The van der Waals surface area contributed by atoms with E-state index in [1.165, 1.54) is 25.4 Å². The highest BCUT2D eigenvalue weighted by Gasteiger charge is 2.29. The number of sulfonamides is 1. The van der Waals surface area contributed by atoms with E-state index in [1.807, 2.05) is 0 Å². The second-order valence-corrected chi connectivity index (χ2v) is 10.7. The van der Waals surface area contributed by atoms with Crippen molar-refractivity contribution in [2.75, 3.05) is 20.2 Å². The van der Waals surface area contributed by atoms with Crippen molar-refractivity contribution in [3.63, 3.8) is 0 Å². The first-order valence-electron chi connectivity index (χ1n) is 10.7. The standard InChI is InChI=1S/C23H30N4O5S/c1-23(2,3)26-33(30,31)20-14-16(7-8-19(20)32-4)22(29)27-12-9-18(10-13-27)25-21(28)17-6-5-11-24-15-17/h5-8,11,14-15,18,26H,9-10,12-13H2,1-4H3,(H,25,28). The Bertz CT molecular complexity index is 1110. The number of rotatable bonds is 6. The Labute approximate surface area is 194 Å². The molecule has 2 aromatic rings. The predicted molar refractivity (Wildman–Crippen MR) is 124 cm³/mol. The molecular weight excluding hydrogens is 444 g/mol. The zero-order valence-corrected chi connectivity index (χ0v) is 20.1. The maximum atomic E-state index is 13.1. The average Bonchev–Trinajstić information content (AvgIpc) is 2.77. The number of nitrogens with one attached hydrogen (secondary N) is 2. The van der Waals surface area contributed by atoms with Crippen LogP contribution in [0.5, 0.6) is 5.75 Å². The van der Waals surface area contributed by atoms with Crippen molar-refractivity contribution in [2.24, 2.45) is 0 Å². The molecule has 0 radical (unpaired) electrons. The Morgan fingerprint density at radius 2 is 1.82 bits per heavy atom. The summed E-state index contributed by atoms with van der Waals surface area (Å²) in [6.45, 7) is 6.12. The number of pyridine rings is 1. The minimum absolute atomic E-state index is 0.0513. The maximum Gasteiger partial charge on any atom is 0.253 e. The summed E-state index contributed by atoms with van der Waals surface area (Å²) in [5.41, 5.74) is 0.0705. The van der Waals surface area contributed by atoms with Crippen LogP contribution >= 0.6 is 0 Å². The number of piperidine rings is 1. The first-order chi connectivity index (χ1) is 15.5. The number of carbonyl (C=O) groups is 2. The number of likely N-dealkylation sites (tertiary alicyclic amines) is 1. The third kappa shape index (κ3) is 6.29. The maximum absolute atomic E-state index is 13.1. The first-order valence-corrected chi connectivity index (χ1v) is 12.2. The molecule has 0 atom stereocenters. The van der Waals surface area contributed by atoms with Gasteiger partial charge in [0, 0.05) is 42.6 Å². The Balaban J connectivity index is 1.69. The highest BCUT2D eigenvalue weighted by Crippen LogP contribution is 2.27. The van der Waals surface area contributed by atoms with Crippen LogP contribution < -0.4 is 14.8 Å². The van der Waals surface area contributed by atoms with Crippen molar-refractivity contribution in [3.8, 4) is 5.75 Å². The van der Waals surface area contributed by atoms with Crippen molar-refractivity contribution in [3.05, 3.63) is 53.9 Å². The topological polar surface area (TPSA) is 118 Å². The largest absolute Gasteiger partial charge is 0.495 e. The van der Waals surface area contributed by atoms with Crippen LogP contribution in [-0.2, 0) is 10.0 Å². The summed E-state index contributed by atoms with van der Waals surface area (Å²) in [7, 11) is -2.51. The van der Waals surface area contributed by atoms with E-state index in [1.54, 1.807) is 50.1 Å². The van der Waals surface area contributed by atoms with Crippen LogP contribution in [0.4, 0.5) is 0 Å². The number of hydrogen-bond acceptors (Lipinski definition) is 6. The highest BCUT2D eigenvalue weighted by atomic mass is 32.2. The normalized spacial score (nSPS) is 15.2. The van der Waals surface area contributed by atoms with Gasteiger partial charge in [-0.15, -0.1) is 0 Å². The Morgan fingerprint density at radius 1 is 1.12 bits per heavy atom. The summed E-state index contributed by atoms with van der Waals surface area (Å²) in [6, 6.07) is 7.76. The van der Waals surface area contributed by atoms with Gasteiger partial charge in [0.25, 0.3) is 11.8 Å². The average molecular weight is 475 g/mol. The lowest BCUT2D eigenvalue weighted by Crippen LogP contribution is -2.46. The number of carbonyl (C=O) groups excluding carboxylic acids is 2. The number of ether oxygens (including phenoxy) is 1. The lowest BCUT2D eigenvalue weighted by atomic mass is 10.0. The fourth-order valence-corrected chi connectivity index (χ4v) is 5.27. The van der Waals surface area contributed by atoms with Crippen LogP contribution in [0.15, 0.2) is 47.6 Å². The molecule has 0 unspecified atom stereocenters. The Hall–Kier alpha value is -2.98. The minimum atomic E-state index is -3.89. The SMILES string of the molecule is COc1ccc(C(=O)N2CCC(NC(=O)c3cccnc3)CC2)cc1S(=O)(=O)NC(C)(C)C. The van der Waals surface area contributed by atoms with Crippen molar-refractivity contribution in [1.29, 1.82) is 0 Å². The van der Waals surface area contributed by atoms with Crippen LogP contribution in [0.2, 0.25) is 0 Å². The van der Waals surface area contributed by atoms with E-state index in [2.05, 4.69) is 15.0 Å². The molecule has 0 bridgehead atoms. The molecular formula is C23H30N4O5S. The number of hydrogen-bond donors (Lipinski definition) is 2. The molecule has 2 amide bonds. The van der Waals surface area contributed by atoms with E-state index in [9.17, 15) is 18.0 Å². The summed E-state index contributed by atoms with van der Waals surface area (Å²) in [6.07, 6.45) is 4.32. The second-order valence-electron chi connectivity index (χ2n) is 9.00. The molecule has 1 aromatic carbocycles. The van der Waals surface area contributed by atoms with Crippen molar-refractivity contribution in [1.82, 2.24) is 19.9 Å². The molecule has 9 nitrogen and oxygen atoms in total. The molecule has 2 N–H and O–H groups in total. The van der Waals surface area contributed by atoms with E-state index in [0.717, 1.165) is 0 Å². The predicted octanol–water partition coefficient (Wildman–Crippen LogP) is 2.20. The fraction of sp³-hybridized carbons (Fsp3) is 0.435. The van der Waals surface area contributed by atoms with Crippen LogP contribution in [0.3, 0.4) is 0 Å². The minimum Gasteiger partial charge on any atom is -0.495 e. The zero-order valence-electron chi connectivity index (χ0n) is 19.3. The monoisotopic (exact) mass is 474 g/mol. The Morgan fingerprint density at radius 3 is 2.39 bits per heavy atom. The second kappa shape index (κ2) is 9.88. The molecule has 10 heteroatoms. The van der Waals surface area contributed by atoms with Gasteiger partial charge in [0.15, 0.2) is 0 Å². The van der Waals surface area contributed by atoms with Gasteiger partial charge < -0.3 is 15.0 Å². The van der Waals surface area contributed by atoms with Crippen molar-refractivity contribution >= 4 is 21.8 Å². The van der Waals surface area contributed by atoms with Gasteiger partial charge in [0.1, 0.15) is 10.6 Å². The number of aromatic nitrogens is 1. The number of amides is 2. The van der Waals surface area contributed by atoms with Crippen LogP contribution in [0.25, 0.3) is 0 Å². The van der Waals surface area contributed by atoms with Gasteiger partial charge in [-0.1, -0.05) is 0 Å². The summed E-state index contributed by atoms with van der Waals surface area (Å²) >= 11 is 0. The van der Waals surface area contributed by atoms with E-state index in [4.69, 9.17) is 4.74 Å². The molecule has 1 fully saturated rings. The number of benzene rings is 1. The van der Waals surface area contributed by atoms with Gasteiger partial charge >= 0.3 is 0 Å². The summed E-state index contributed by atoms with van der Waals surface area (Å²) in [5, 5.41) is 2.98. The van der Waals surface area contributed by atoms with Crippen LogP contribution in [0.1, 0.15) is 54.3 Å². The third-order valence-electron chi connectivity index (χ3n) is 5.18. The molecule has 33 heavy (non-hydrogen) atoms. The third-order valence-corrected chi connectivity index (χ3v) is 6.96. The van der Waals surface area contributed by atoms with Crippen molar-refractivity contribution in [2.45, 2.75) is 50.1 Å². The van der Waals surface area contributed by atoms with Crippen molar-refractivity contribution < 1.29 is 22.7 Å². The molecule has 0 spiro atoms. The number of methoxy groups -OCH3 is 1. The molecule has 2 heterocycles. The van der Waals surface area contributed by atoms with Gasteiger partial charge in [0.2, 0.25) is 10.0 Å². The lowest BCUT2D eigenvalue weighted by Gasteiger charge is -2.32. The van der Waals surface area contributed by atoms with Gasteiger partial charge in [-0.25, -0.2) is 13.1 Å². The summed E-state index contributed by atoms with van der Waals surface area (Å²) in [5.74, 6) is -0.286.